The molecule has 3 atom stereocenters. The smallest absolute Gasteiger partial charge is 0.408 e. The topological polar surface area (TPSA) is 148 Å². The van der Waals surface area contributed by atoms with E-state index in [-0.39, 0.29) is 5.92 Å². The zero-order valence-electron chi connectivity index (χ0n) is 14.7. The summed E-state index contributed by atoms with van der Waals surface area (Å²) >= 11 is 0. The van der Waals surface area contributed by atoms with Gasteiger partial charge in [-0.2, -0.15) is 0 Å². The molecule has 0 saturated carbocycles. The van der Waals surface area contributed by atoms with Crippen molar-refractivity contribution in [2.24, 2.45) is 11.7 Å². The van der Waals surface area contributed by atoms with E-state index in [1.165, 1.54) is 0 Å². The summed E-state index contributed by atoms with van der Waals surface area (Å²) in [5, 5.41) is 13.7. The summed E-state index contributed by atoms with van der Waals surface area (Å²) in [6, 6.07) is -2.46. The van der Waals surface area contributed by atoms with Crippen molar-refractivity contribution in [2.45, 2.75) is 65.1 Å². The molecule has 0 bridgehead atoms. The van der Waals surface area contributed by atoms with E-state index in [1.807, 2.05) is 6.92 Å². The number of alkyl carbamates (subject to hydrolysis) is 1. The molecule has 0 fully saturated rings. The highest BCUT2D eigenvalue weighted by Gasteiger charge is 2.31. The van der Waals surface area contributed by atoms with Gasteiger partial charge >= 0.3 is 12.1 Å². The van der Waals surface area contributed by atoms with Crippen LogP contribution in [0.1, 0.15) is 47.5 Å². The maximum Gasteiger partial charge on any atom is 0.408 e. The van der Waals surface area contributed by atoms with E-state index >= 15 is 0 Å². The summed E-state index contributed by atoms with van der Waals surface area (Å²) in [6.45, 7) is 8.58. The molecule has 0 aliphatic carbocycles. The van der Waals surface area contributed by atoms with Gasteiger partial charge in [0.1, 0.15) is 17.7 Å². The minimum absolute atomic E-state index is 0.277. The average Bonchev–Trinajstić information content (AvgIpc) is 2.40. The fourth-order valence-electron chi connectivity index (χ4n) is 1.80. The Labute approximate surface area is 141 Å². The van der Waals surface area contributed by atoms with Crippen molar-refractivity contribution >= 4 is 23.9 Å². The summed E-state index contributed by atoms with van der Waals surface area (Å²) in [6.07, 6.45) is -0.771. The summed E-state index contributed by atoms with van der Waals surface area (Å²) in [7, 11) is 0. The number of nitrogens with one attached hydrogen (secondary N) is 2. The van der Waals surface area contributed by atoms with Crippen LogP contribution in [-0.4, -0.2) is 46.7 Å². The Bertz CT molecular complexity index is 486. The van der Waals surface area contributed by atoms with Crippen LogP contribution < -0.4 is 16.4 Å². The Morgan fingerprint density at radius 2 is 1.71 bits per heavy atom. The molecule has 0 rings (SSSR count). The van der Waals surface area contributed by atoms with Crippen molar-refractivity contribution < 1.29 is 29.0 Å². The Balaban J connectivity index is 5.09. The Morgan fingerprint density at radius 1 is 1.17 bits per heavy atom. The van der Waals surface area contributed by atoms with Crippen molar-refractivity contribution in [3.05, 3.63) is 0 Å². The molecule has 0 heterocycles. The number of hydrogen-bond donors (Lipinski definition) is 4. The highest BCUT2D eigenvalue weighted by Crippen LogP contribution is 2.11. The molecule has 0 aliphatic heterocycles. The molecule has 0 radical (unpaired) electrons. The standard InChI is InChI=1S/C15H27N3O6/c1-6-8(2)11(18-14(23)24-15(3,4)5)12(20)17-9(13(21)22)7-10(16)19/h8-9,11H,6-7H2,1-5H3,(H2,16,19)(H,17,20)(H,18,23)(H,21,22)/t8?,9-,11-/m0/s1. The van der Waals surface area contributed by atoms with E-state index < -0.39 is 48.0 Å². The number of amides is 3. The van der Waals surface area contributed by atoms with E-state index in [9.17, 15) is 19.2 Å². The van der Waals surface area contributed by atoms with Gasteiger partial charge in [-0.05, 0) is 26.7 Å². The zero-order chi connectivity index (χ0) is 19.1. The summed E-state index contributed by atoms with van der Waals surface area (Å²) in [4.78, 5) is 46.2. The molecule has 9 nitrogen and oxygen atoms in total. The number of carboxylic acids is 1. The second-order valence-corrected chi connectivity index (χ2v) is 6.58. The van der Waals surface area contributed by atoms with Crippen molar-refractivity contribution in [2.75, 3.05) is 0 Å². The predicted octanol–water partition coefficient (Wildman–Crippen LogP) is 0.371. The lowest BCUT2D eigenvalue weighted by Gasteiger charge is -2.27. The summed E-state index contributed by atoms with van der Waals surface area (Å²) in [5.74, 6) is -3.24. The Kier molecular flexibility index (Phi) is 8.21. The fraction of sp³-hybridized carbons (Fsp3) is 0.733. The van der Waals surface area contributed by atoms with Crippen LogP contribution in [0.2, 0.25) is 0 Å². The molecule has 24 heavy (non-hydrogen) atoms. The first-order valence-corrected chi connectivity index (χ1v) is 7.68. The largest absolute Gasteiger partial charge is 0.480 e. The molecule has 138 valence electrons. The van der Waals surface area contributed by atoms with Gasteiger partial charge < -0.3 is 26.2 Å². The Morgan fingerprint density at radius 3 is 2.08 bits per heavy atom. The highest BCUT2D eigenvalue weighted by atomic mass is 16.6. The number of rotatable bonds is 8. The molecule has 0 aliphatic rings. The van der Waals surface area contributed by atoms with Crippen LogP contribution in [0, 0.1) is 5.92 Å². The number of ether oxygens (including phenoxy) is 1. The van der Waals surface area contributed by atoms with Gasteiger partial charge in [0.25, 0.3) is 0 Å². The SMILES string of the molecule is CCC(C)[C@H](NC(=O)OC(C)(C)C)C(=O)N[C@@H](CC(N)=O)C(=O)O. The highest BCUT2D eigenvalue weighted by molar-refractivity contribution is 5.91. The lowest BCUT2D eigenvalue weighted by molar-refractivity contribution is -0.143. The van der Waals surface area contributed by atoms with E-state index in [1.54, 1.807) is 27.7 Å². The van der Waals surface area contributed by atoms with Crippen molar-refractivity contribution in [3.63, 3.8) is 0 Å². The third kappa shape index (κ3) is 8.35. The van der Waals surface area contributed by atoms with Crippen molar-refractivity contribution in [1.29, 1.82) is 0 Å². The first-order chi connectivity index (χ1) is 10.9. The molecule has 0 aromatic rings. The van der Waals surface area contributed by atoms with Gasteiger partial charge in [-0.15, -0.1) is 0 Å². The van der Waals surface area contributed by atoms with E-state index in [4.69, 9.17) is 15.6 Å². The summed E-state index contributed by atoms with van der Waals surface area (Å²) < 4.78 is 5.11. The van der Waals surface area contributed by atoms with Gasteiger partial charge in [0.15, 0.2) is 0 Å². The number of nitrogens with two attached hydrogens (primary N) is 1. The number of aliphatic carboxylic acids is 1. The third-order valence-electron chi connectivity index (χ3n) is 3.19. The molecular formula is C15H27N3O6. The van der Waals surface area contributed by atoms with Gasteiger partial charge in [0, 0.05) is 0 Å². The average molecular weight is 345 g/mol. The zero-order valence-corrected chi connectivity index (χ0v) is 14.7. The fourth-order valence-corrected chi connectivity index (χ4v) is 1.80. The van der Waals surface area contributed by atoms with Crippen LogP contribution in [0.25, 0.3) is 0 Å². The van der Waals surface area contributed by atoms with E-state index in [0.717, 1.165) is 0 Å². The monoisotopic (exact) mass is 345 g/mol. The van der Waals surface area contributed by atoms with Gasteiger partial charge in [-0.1, -0.05) is 20.3 Å². The molecule has 0 aromatic carbocycles. The molecule has 0 aromatic heterocycles. The maximum absolute atomic E-state index is 12.3. The molecule has 0 spiro atoms. The minimum Gasteiger partial charge on any atom is -0.480 e. The first-order valence-electron chi connectivity index (χ1n) is 7.68. The number of hydrogen-bond acceptors (Lipinski definition) is 5. The second-order valence-electron chi connectivity index (χ2n) is 6.58. The quantitative estimate of drug-likeness (QED) is 0.499. The molecule has 9 heteroatoms. The number of carbonyl (C=O) groups excluding carboxylic acids is 3. The third-order valence-corrected chi connectivity index (χ3v) is 3.19. The van der Waals surface area contributed by atoms with Crippen LogP contribution in [0.15, 0.2) is 0 Å². The molecule has 1 unspecified atom stereocenters. The van der Waals surface area contributed by atoms with Gasteiger partial charge in [-0.3, -0.25) is 9.59 Å². The van der Waals surface area contributed by atoms with Gasteiger partial charge in [0.2, 0.25) is 11.8 Å². The van der Waals surface area contributed by atoms with Crippen molar-refractivity contribution in [3.8, 4) is 0 Å². The van der Waals surface area contributed by atoms with Crippen LogP contribution in [-0.2, 0) is 19.1 Å². The molecule has 0 saturated heterocycles. The number of primary amides is 1. The number of carbonyl (C=O) groups is 4. The Hall–Kier alpha value is -2.32. The van der Waals surface area contributed by atoms with Gasteiger partial charge in [0.05, 0.1) is 6.42 Å². The summed E-state index contributed by atoms with van der Waals surface area (Å²) in [5.41, 5.74) is 4.24. The van der Waals surface area contributed by atoms with E-state index in [0.29, 0.717) is 6.42 Å². The molecule has 5 N–H and O–H groups in total. The van der Waals surface area contributed by atoms with Crippen LogP contribution >= 0.6 is 0 Å². The van der Waals surface area contributed by atoms with Gasteiger partial charge in [-0.25, -0.2) is 9.59 Å². The van der Waals surface area contributed by atoms with Crippen LogP contribution in [0.5, 0.6) is 0 Å². The number of carboxylic acid groups (broad SMARTS) is 1. The van der Waals surface area contributed by atoms with E-state index in [2.05, 4.69) is 10.6 Å². The normalized spacial score (nSPS) is 14.9. The molecular weight excluding hydrogens is 318 g/mol. The molecule has 3 amide bonds. The predicted molar refractivity (Wildman–Crippen MR) is 86.0 cm³/mol. The minimum atomic E-state index is -1.46. The van der Waals surface area contributed by atoms with Crippen LogP contribution in [0.3, 0.4) is 0 Å². The second kappa shape index (κ2) is 9.09. The van der Waals surface area contributed by atoms with Crippen LogP contribution in [0.4, 0.5) is 4.79 Å². The lowest BCUT2D eigenvalue weighted by Crippen LogP contribution is -2.55. The van der Waals surface area contributed by atoms with Crippen molar-refractivity contribution in [1.82, 2.24) is 10.6 Å². The lowest BCUT2D eigenvalue weighted by atomic mass is 9.98. The first kappa shape index (κ1) is 21.7. The maximum atomic E-state index is 12.3.